The van der Waals surface area contributed by atoms with Crippen molar-refractivity contribution in [3.63, 3.8) is 0 Å². The van der Waals surface area contributed by atoms with Crippen LogP contribution in [0.15, 0.2) is 48.5 Å². The van der Waals surface area contributed by atoms with E-state index >= 15 is 0 Å². The van der Waals surface area contributed by atoms with E-state index in [0.29, 0.717) is 6.42 Å². The number of alkyl carbamates (subject to hydrolysis) is 1. The molecule has 7 nitrogen and oxygen atoms in total. The number of hydrogen-bond donors (Lipinski definition) is 3. The molecule has 0 aromatic heterocycles. The summed E-state index contributed by atoms with van der Waals surface area (Å²) in [5.41, 5.74) is 4.32. The molecule has 0 saturated heterocycles. The van der Waals surface area contributed by atoms with E-state index in [9.17, 15) is 23.2 Å². The van der Waals surface area contributed by atoms with Crippen LogP contribution in [0.1, 0.15) is 36.3 Å². The number of aliphatic carboxylic acids is 1. The molecule has 0 heterocycles. The first-order valence-electron chi connectivity index (χ1n) is 11.8. The normalized spacial score (nSPS) is 22.5. The Morgan fingerprint density at radius 3 is 2.17 bits per heavy atom. The van der Waals surface area contributed by atoms with Gasteiger partial charge in [-0.2, -0.15) is 0 Å². The third-order valence-electron chi connectivity index (χ3n) is 7.18. The van der Waals surface area contributed by atoms with E-state index < -0.39 is 48.3 Å². The van der Waals surface area contributed by atoms with E-state index in [2.05, 4.69) is 10.6 Å². The second-order valence-electron chi connectivity index (χ2n) is 9.54. The summed E-state index contributed by atoms with van der Waals surface area (Å²) >= 11 is 0. The number of carbonyl (C=O) groups is 3. The number of rotatable bonds is 9. The maximum Gasteiger partial charge on any atom is 0.407 e. The topological polar surface area (TPSA) is 105 Å². The van der Waals surface area contributed by atoms with Gasteiger partial charge in [-0.15, -0.1) is 0 Å². The van der Waals surface area contributed by atoms with Crippen molar-refractivity contribution in [2.75, 3.05) is 13.2 Å². The highest BCUT2D eigenvalue weighted by atomic mass is 19.3. The fourth-order valence-corrected chi connectivity index (χ4v) is 5.02. The summed E-state index contributed by atoms with van der Waals surface area (Å²) in [5.74, 6) is -8.63. The van der Waals surface area contributed by atoms with Crippen LogP contribution in [0.25, 0.3) is 11.1 Å². The Kier molecular flexibility index (Phi) is 5.94. The molecule has 0 radical (unpaired) electrons. The zero-order valence-corrected chi connectivity index (χ0v) is 18.9. The van der Waals surface area contributed by atoms with Crippen molar-refractivity contribution in [1.29, 1.82) is 0 Å². The van der Waals surface area contributed by atoms with Gasteiger partial charge in [-0.25, -0.2) is 13.6 Å². The number of amides is 2. The van der Waals surface area contributed by atoms with Gasteiger partial charge >= 0.3 is 12.1 Å². The van der Waals surface area contributed by atoms with Crippen LogP contribution in [-0.2, 0) is 14.3 Å². The fourth-order valence-electron chi connectivity index (χ4n) is 5.02. The quantitative estimate of drug-likeness (QED) is 0.503. The summed E-state index contributed by atoms with van der Waals surface area (Å²) in [4.78, 5) is 36.2. The van der Waals surface area contributed by atoms with Crippen LogP contribution in [-0.4, -0.2) is 48.2 Å². The molecule has 2 amide bonds. The highest BCUT2D eigenvalue weighted by Crippen LogP contribution is 2.55. The second kappa shape index (κ2) is 8.94. The minimum atomic E-state index is -3.34. The predicted octanol–water partition coefficient (Wildman–Crippen LogP) is 3.78. The van der Waals surface area contributed by atoms with Crippen molar-refractivity contribution in [1.82, 2.24) is 10.6 Å². The van der Waals surface area contributed by atoms with Gasteiger partial charge in [-0.3, -0.25) is 9.59 Å². The number of carboxylic acid groups (broad SMARTS) is 1. The largest absolute Gasteiger partial charge is 0.481 e. The Morgan fingerprint density at radius 1 is 1.03 bits per heavy atom. The molecule has 2 saturated carbocycles. The molecule has 3 aliphatic rings. The number of hydrogen-bond acceptors (Lipinski definition) is 4. The van der Waals surface area contributed by atoms with E-state index in [1.165, 1.54) is 0 Å². The minimum absolute atomic E-state index is 0.0895. The number of carbonyl (C=O) groups excluding carboxylic acids is 2. The Hall–Kier alpha value is -3.49. The predicted molar refractivity (Wildman–Crippen MR) is 122 cm³/mol. The van der Waals surface area contributed by atoms with Crippen molar-refractivity contribution in [2.24, 2.45) is 17.8 Å². The lowest BCUT2D eigenvalue weighted by Gasteiger charge is -2.19. The number of carboxylic acids is 1. The van der Waals surface area contributed by atoms with E-state index in [-0.39, 0.29) is 18.4 Å². The number of nitrogens with one attached hydrogen (secondary N) is 2. The lowest BCUT2D eigenvalue weighted by atomic mass is 9.98. The molecule has 0 bridgehead atoms. The third-order valence-corrected chi connectivity index (χ3v) is 7.18. The summed E-state index contributed by atoms with van der Waals surface area (Å²) in [7, 11) is 0. The fraction of sp³-hybridized carbons (Fsp3) is 0.423. The third kappa shape index (κ3) is 4.59. The Bertz CT molecular complexity index is 1120. The molecule has 2 aromatic carbocycles. The zero-order valence-electron chi connectivity index (χ0n) is 18.9. The summed E-state index contributed by atoms with van der Waals surface area (Å²) in [6.07, 6.45) is 1.47. The van der Waals surface area contributed by atoms with Crippen molar-refractivity contribution in [3.05, 3.63) is 59.7 Å². The average molecular weight is 484 g/mol. The standard InChI is InChI=1S/C26H26F2N2O5/c27-26(28)20(22(26)24(32)33)12-29-23(31)21(11-14-9-10-14)30-25(34)35-13-19-17-7-3-1-5-15(17)16-6-2-4-8-18(16)19/h1-8,14,19-22H,9-13H2,(H,29,31)(H,30,34)(H,32,33)/t20-,21?,22-/m0/s1. The van der Waals surface area contributed by atoms with Crippen molar-refractivity contribution in [2.45, 2.75) is 37.1 Å². The maximum atomic E-state index is 13.6. The highest BCUT2D eigenvalue weighted by molar-refractivity contribution is 5.86. The van der Waals surface area contributed by atoms with E-state index in [1.54, 1.807) is 0 Å². The van der Waals surface area contributed by atoms with Crippen LogP contribution in [0.3, 0.4) is 0 Å². The molecule has 3 atom stereocenters. The van der Waals surface area contributed by atoms with Crippen LogP contribution in [0.2, 0.25) is 0 Å². The van der Waals surface area contributed by atoms with Gasteiger partial charge < -0.3 is 20.5 Å². The van der Waals surface area contributed by atoms with Gasteiger partial charge in [0.2, 0.25) is 5.91 Å². The molecule has 9 heteroatoms. The summed E-state index contributed by atoms with van der Waals surface area (Å²) in [6.45, 7) is -0.372. The van der Waals surface area contributed by atoms with Crippen molar-refractivity contribution < 1.29 is 33.0 Å². The molecular weight excluding hydrogens is 458 g/mol. The Labute approximate surface area is 200 Å². The van der Waals surface area contributed by atoms with Crippen molar-refractivity contribution in [3.8, 4) is 11.1 Å². The first-order valence-corrected chi connectivity index (χ1v) is 11.8. The first kappa shape index (κ1) is 23.3. The van der Waals surface area contributed by atoms with Crippen LogP contribution >= 0.6 is 0 Å². The molecule has 3 aliphatic carbocycles. The van der Waals surface area contributed by atoms with Crippen LogP contribution in [0, 0.1) is 17.8 Å². The second-order valence-corrected chi connectivity index (χ2v) is 9.54. The summed E-state index contributed by atoms with van der Waals surface area (Å²) in [5, 5.41) is 13.9. The van der Waals surface area contributed by atoms with Gasteiger partial charge in [0.1, 0.15) is 18.6 Å². The Balaban J connectivity index is 1.19. The lowest BCUT2D eigenvalue weighted by molar-refractivity contribution is -0.141. The van der Waals surface area contributed by atoms with Gasteiger partial charge in [0.05, 0.1) is 5.92 Å². The number of benzene rings is 2. The molecule has 0 aliphatic heterocycles. The number of ether oxygens (including phenoxy) is 1. The van der Waals surface area contributed by atoms with E-state index in [0.717, 1.165) is 35.1 Å². The molecule has 2 aromatic rings. The van der Waals surface area contributed by atoms with Gasteiger partial charge in [0, 0.05) is 12.5 Å². The Morgan fingerprint density at radius 2 is 1.63 bits per heavy atom. The molecular formula is C26H26F2N2O5. The summed E-state index contributed by atoms with van der Waals surface area (Å²) < 4.78 is 32.8. The van der Waals surface area contributed by atoms with Crippen LogP contribution in [0.5, 0.6) is 0 Å². The highest BCUT2D eigenvalue weighted by Gasteiger charge is 2.72. The van der Waals surface area contributed by atoms with Crippen LogP contribution in [0.4, 0.5) is 13.6 Å². The van der Waals surface area contributed by atoms with Gasteiger partial charge in [-0.05, 0) is 34.6 Å². The van der Waals surface area contributed by atoms with Gasteiger partial charge in [-0.1, -0.05) is 61.4 Å². The number of fused-ring (bicyclic) bond motifs is 3. The lowest BCUT2D eigenvalue weighted by Crippen LogP contribution is -2.48. The molecule has 5 rings (SSSR count). The first-order chi connectivity index (χ1) is 16.8. The SMILES string of the molecule is O=C(NC(CC1CC1)C(=O)NC[C@H]1[C@@H](C(=O)O)C1(F)F)OCC1c2ccccc2-c2ccccc21. The monoisotopic (exact) mass is 484 g/mol. The zero-order chi connectivity index (χ0) is 24.7. The maximum absolute atomic E-state index is 13.6. The average Bonchev–Trinajstić information content (AvgIpc) is 3.71. The molecule has 35 heavy (non-hydrogen) atoms. The minimum Gasteiger partial charge on any atom is -0.481 e. The van der Waals surface area contributed by atoms with Crippen LogP contribution < -0.4 is 10.6 Å². The molecule has 2 fully saturated rings. The number of halogens is 2. The smallest absolute Gasteiger partial charge is 0.407 e. The number of alkyl halides is 2. The summed E-state index contributed by atoms with van der Waals surface area (Å²) in [6, 6.07) is 14.9. The molecule has 0 spiro atoms. The molecule has 3 N–H and O–H groups in total. The van der Waals surface area contributed by atoms with Gasteiger partial charge in [0.15, 0.2) is 0 Å². The van der Waals surface area contributed by atoms with E-state index in [1.807, 2.05) is 48.5 Å². The molecule has 184 valence electrons. The van der Waals surface area contributed by atoms with Gasteiger partial charge in [0.25, 0.3) is 5.92 Å². The molecule has 1 unspecified atom stereocenters. The van der Waals surface area contributed by atoms with E-state index in [4.69, 9.17) is 9.84 Å². The van der Waals surface area contributed by atoms with Crippen molar-refractivity contribution >= 4 is 18.0 Å².